The number of fused-ring (bicyclic) bond motifs is 4. The van der Waals surface area contributed by atoms with Gasteiger partial charge in [0.1, 0.15) is 17.6 Å². The lowest BCUT2D eigenvalue weighted by Gasteiger charge is -2.13. The third-order valence-corrected chi connectivity index (χ3v) is 5.39. The standard InChI is InChI=1S/C21H23N3O5/c1-4-22-9-12-6-11-7-13-16(8-15(11)24(12)3)29-10(2)5-14-18(13)23-20(26)17(19(14)25)21(27)28/h6-8,10,22H,4-5,9H2,1-3H3,(H,27,28)(H2,23,25,26). The number of rotatable bonds is 4. The first-order chi connectivity index (χ1) is 13.8. The molecule has 29 heavy (non-hydrogen) atoms. The van der Waals surface area contributed by atoms with Gasteiger partial charge in [0.15, 0.2) is 5.56 Å². The van der Waals surface area contributed by atoms with Gasteiger partial charge in [-0.1, -0.05) is 6.92 Å². The van der Waals surface area contributed by atoms with Gasteiger partial charge in [-0.2, -0.15) is 0 Å². The van der Waals surface area contributed by atoms with Crippen molar-refractivity contribution < 1.29 is 19.7 Å². The summed E-state index contributed by atoms with van der Waals surface area (Å²) in [5.74, 6) is -1.38. The van der Waals surface area contributed by atoms with Crippen molar-refractivity contribution in [3.63, 3.8) is 0 Å². The number of hydrogen-bond acceptors (Lipinski definition) is 5. The maximum Gasteiger partial charge on any atom is 0.345 e. The number of carboxylic acids is 1. The molecule has 0 fully saturated rings. The highest BCUT2D eigenvalue weighted by molar-refractivity contribution is 5.94. The second kappa shape index (κ2) is 6.97. The Morgan fingerprint density at radius 1 is 1.38 bits per heavy atom. The smallest absolute Gasteiger partial charge is 0.345 e. The zero-order valence-corrected chi connectivity index (χ0v) is 16.5. The minimum absolute atomic E-state index is 0.273. The van der Waals surface area contributed by atoms with Crippen LogP contribution in [0.4, 0.5) is 0 Å². The zero-order valence-electron chi connectivity index (χ0n) is 16.5. The monoisotopic (exact) mass is 397 g/mol. The number of aromatic carboxylic acids is 1. The Bertz CT molecular complexity index is 1190. The highest BCUT2D eigenvalue weighted by atomic mass is 16.5. The molecule has 1 aromatic carbocycles. The predicted molar refractivity (Wildman–Crippen MR) is 109 cm³/mol. The SMILES string of the molecule is CCNCc1cc2cc3c(cc2n1C)OC(C)Cc1c-3[nH]c(=O)c(C(=O)O)c1O. The number of carbonyl (C=O) groups is 1. The van der Waals surface area contributed by atoms with Crippen molar-refractivity contribution in [2.75, 3.05) is 6.54 Å². The number of aromatic nitrogens is 2. The molecule has 4 rings (SSSR count). The molecule has 8 heteroatoms. The lowest BCUT2D eigenvalue weighted by Crippen LogP contribution is -2.21. The van der Waals surface area contributed by atoms with Crippen molar-refractivity contribution in [2.24, 2.45) is 7.05 Å². The van der Waals surface area contributed by atoms with Gasteiger partial charge in [-0.3, -0.25) is 4.79 Å². The summed E-state index contributed by atoms with van der Waals surface area (Å²) >= 11 is 0. The molecule has 3 aromatic rings. The zero-order chi connectivity index (χ0) is 20.9. The number of hydrogen-bond donors (Lipinski definition) is 4. The van der Waals surface area contributed by atoms with E-state index in [0.29, 0.717) is 22.6 Å². The molecule has 0 saturated carbocycles. The molecule has 0 saturated heterocycles. The summed E-state index contributed by atoms with van der Waals surface area (Å²) in [7, 11) is 1.99. The van der Waals surface area contributed by atoms with Crippen LogP contribution in [0.25, 0.3) is 22.2 Å². The molecule has 1 unspecified atom stereocenters. The number of benzene rings is 1. The van der Waals surface area contributed by atoms with Crippen molar-refractivity contribution in [3.8, 4) is 22.8 Å². The van der Waals surface area contributed by atoms with Crippen LogP contribution in [0.2, 0.25) is 0 Å². The van der Waals surface area contributed by atoms with Crippen LogP contribution in [-0.4, -0.2) is 38.4 Å². The Hall–Kier alpha value is -3.26. The highest BCUT2D eigenvalue weighted by Crippen LogP contribution is 2.41. The minimum Gasteiger partial charge on any atom is -0.506 e. The molecule has 0 spiro atoms. The first kappa shape index (κ1) is 19.1. The van der Waals surface area contributed by atoms with Gasteiger partial charge in [0.2, 0.25) is 0 Å². The van der Waals surface area contributed by atoms with E-state index in [0.717, 1.165) is 29.7 Å². The summed E-state index contributed by atoms with van der Waals surface area (Å²) in [5.41, 5.74) is 2.01. The Morgan fingerprint density at radius 2 is 2.14 bits per heavy atom. The molecule has 1 aliphatic heterocycles. The van der Waals surface area contributed by atoms with Crippen molar-refractivity contribution in [1.29, 1.82) is 0 Å². The fourth-order valence-corrected chi connectivity index (χ4v) is 3.94. The van der Waals surface area contributed by atoms with E-state index in [2.05, 4.69) is 20.9 Å². The third-order valence-electron chi connectivity index (χ3n) is 5.39. The van der Waals surface area contributed by atoms with Gasteiger partial charge in [0.05, 0.1) is 11.2 Å². The topological polar surface area (TPSA) is 117 Å². The van der Waals surface area contributed by atoms with E-state index in [-0.39, 0.29) is 12.5 Å². The summed E-state index contributed by atoms with van der Waals surface area (Å²) in [5, 5.41) is 24.1. The summed E-state index contributed by atoms with van der Waals surface area (Å²) in [6.07, 6.45) is -0.0399. The van der Waals surface area contributed by atoms with Crippen LogP contribution in [-0.2, 0) is 20.0 Å². The average Bonchev–Trinajstić information content (AvgIpc) is 2.88. The number of pyridine rings is 1. The average molecular weight is 397 g/mol. The number of aryl methyl sites for hydroxylation is 1. The summed E-state index contributed by atoms with van der Waals surface area (Å²) in [6, 6.07) is 5.90. The molecule has 2 aromatic heterocycles. The number of nitrogens with zero attached hydrogens (tertiary/aromatic N) is 1. The minimum atomic E-state index is -1.46. The van der Waals surface area contributed by atoms with Crippen molar-refractivity contribution >= 4 is 16.9 Å². The van der Waals surface area contributed by atoms with Crippen LogP contribution in [0.15, 0.2) is 23.0 Å². The van der Waals surface area contributed by atoms with E-state index in [1.54, 1.807) is 0 Å². The maximum atomic E-state index is 12.3. The maximum absolute atomic E-state index is 12.3. The molecular weight excluding hydrogens is 374 g/mol. The third kappa shape index (κ3) is 3.05. The fourth-order valence-electron chi connectivity index (χ4n) is 3.94. The molecule has 1 aliphatic rings. The number of aromatic hydroxyl groups is 1. The summed E-state index contributed by atoms with van der Waals surface area (Å²) < 4.78 is 8.17. The normalized spacial score (nSPS) is 15.5. The van der Waals surface area contributed by atoms with Gasteiger partial charge in [0.25, 0.3) is 5.56 Å². The Morgan fingerprint density at radius 3 is 2.83 bits per heavy atom. The van der Waals surface area contributed by atoms with Crippen molar-refractivity contribution in [3.05, 3.63) is 45.4 Å². The molecule has 0 radical (unpaired) electrons. The largest absolute Gasteiger partial charge is 0.506 e. The van der Waals surface area contributed by atoms with Crippen LogP contribution < -0.4 is 15.6 Å². The van der Waals surface area contributed by atoms with Crippen LogP contribution >= 0.6 is 0 Å². The highest BCUT2D eigenvalue weighted by Gasteiger charge is 2.29. The summed E-state index contributed by atoms with van der Waals surface area (Å²) in [6.45, 7) is 5.47. The van der Waals surface area contributed by atoms with Gasteiger partial charge in [-0.05, 0) is 25.6 Å². The summed E-state index contributed by atoms with van der Waals surface area (Å²) in [4.78, 5) is 26.4. The number of aromatic amines is 1. The Kier molecular flexibility index (Phi) is 4.58. The number of H-pyrrole nitrogens is 1. The molecule has 152 valence electrons. The van der Waals surface area contributed by atoms with E-state index >= 15 is 0 Å². The van der Waals surface area contributed by atoms with Gasteiger partial charge in [0, 0.05) is 48.3 Å². The molecule has 1 atom stereocenters. The molecular formula is C21H23N3O5. The van der Waals surface area contributed by atoms with Crippen LogP contribution in [0.1, 0.15) is 35.5 Å². The second-order valence-corrected chi connectivity index (χ2v) is 7.35. The molecule has 0 aliphatic carbocycles. The molecule has 8 nitrogen and oxygen atoms in total. The van der Waals surface area contributed by atoms with Crippen LogP contribution in [0.3, 0.4) is 0 Å². The van der Waals surface area contributed by atoms with Gasteiger partial charge in [-0.15, -0.1) is 0 Å². The lowest BCUT2D eigenvalue weighted by atomic mass is 9.98. The number of ether oxygens (including phenoxy) is 1. The molecule has 0 amide bonds. The van der Waals surface area contributed by atoms with Crippen molar-refractivity contribution in [2.45, 2.75) is 32.9 Å². The van der Waals surface area contributed by atoms with E-state index < -0.39 is 22.8 Å². The van der Waals surface area contributed by atoms with Gasteiger partial charge in [-0.25, -0.2) is 4.79 Å². The van der Waals surface area contributed by atoms with Crippen LogP contribution in [0.5, 0.6) is 11.5 Å². The fraction of sp³-hybridized carbons (Fsp3) is 0.333. The van der Waals surface area contributed by atoms with E-state index in [1.165, 1.54) is 0 Å². The molecule has 4 N–H and O–H groups in total. The van der Waals surface area contributed by atoms with Gasteiger partial charge >= 0.3 is 5.97 Å². The second-order valence-electron chi connectivity index (χ2n) is 7.35. The quantitative estimate of drug-likeness (QED) is 0.537. The Balaban J connectivity index is 1.98. The van der Waals surface area contributed by atoms with E-state index in [9.17, 15) is 19.8 Å². The number of carboxylic acid groups (broad SMARTS) is 1. The lowest BCUT2D eigenvalue weighted by molar-refractivity contribution is 0.0691. The molecule has 0 bridgehead atoms. The van der Waals surface area contributed by atoms with Crippen molar-refractivity contribution in [1.82, 2.24) is 14.9 Å². The number of nitrogens with one attached hydrogen (secondary N) is 2. The van der Waals surface area contributed by atoms with E-state index in [1.807, 2.05) is 33.0 Å². The van der Waals surface area contributed by atoms with Gasteiger partial charge < -0.3 is 29.8 Å². The van der Waals surface area contributed by atoms with E-state index in [4.69, 9.17) is 4.74 Å². The Labute approximate surface area is 166 Å². The first-order valence-electron chi connectivity index (χ1n) is 9.53. The van der Waals surface area contributed by atoms with Crippen LogP contribution in [0, 0.1) is 0 Å². The predicted octanol–water partition coefficient (Wildman–Crippen LogP) is 2.37. The molecule has 3 heterocycles. The first-order valence-corrected chi connectivity index (χ1v) is 9.53.